The molecule has 0 radical (unpaired) electrons. The highest BCUT2D eigenvalue weighted by Gasteiger charge is 2.19. The second-order valence-corrected chi connectivity index (χ2v) is 6.04. The molecule has 0 unspecified atom stereocenters. The Morgan fingerprint density at radius 2 is 2.08 bits per heavy atom. The largest absolute Gasteiger partial charge is 0.366 e. The average Bonchev–Trinajstić information content (AvgIpc) is 3.03. The molecule has 1 amide bonds. The van der Waals surface area contributed by atoms with Crippen molar-refractivity contribution >= 4 is 27.7 Å². The number of fused-ring (bicyclic) bond motifs is 3. The van der Waals surface area contributed by atoms with Crippen LogP contribution in [0.1, 0.15) is 27.2 Å². The number of nitrogens with zero attached hydrogens (tertiary/aromatic N) is 1. The lowest BCUT2D eigenvalue weighted by atomic mass is 9.96. The van der Waals surface area contributed by atoms with Gasteiger partial charge in [-0.25, -0.2) is 9.37 Å². The maximum atomic E-state index is 14.9. The van der Waals surface area contributed by atoms with Gasteiger partial charge in [-0.2, -0.15) is 0 Å². The van der Waals surface area contributed by atoms with Crippen LogP contribution in [-0.4, -0.2) is 15.9 Å². The van der Waals surface area contributed by atoms with Crippen LogP contribution in [0.2, 0.25) is 0 Å². The van der Waals surface area contributed by atoms with E-state index in [1.165, 1.54) is 6.07 Å². The van der Waals surface area contributed by atoms with Gasteiger partial charge in [-0.05, 0) is 29.8 Å². The number of aromatic amines is 1. The van der Waals surface area contributed by atoms with Crippen molar-refractivity contribution < 1.29 is 9.18 Å². The smallest absolute Gasteiger partial charge is 0.250 e. The van der Waals surface area contributed by atoms with Crippen molar-refractivity contribution in [1.82, 2.24) is 9.97 Å². The number of amides is 1. The molecule has 0 aliphatic carbocycles. The Morgan fingerprint density at radius 3 is 2.85 bits per heavy atom. The molecule has 0 aliphatic rings. The Bertz CT molecular complexity index is 1220. The topological polar surface area (TPSA) is 71.8 Å². The van der Waals surface area contributed by atoms with Crippen LogP contribution in [0, 0.1) is 18.2 Å². The van der Waals surface area contributed by atoms with Gasteiger partial charge in [-0.1, -0.05) is 24.1 Å². The minimum absolute atomic E-state index is 0.136. The van der Waals surface area contributed by atoms with Gasteiger partial charge in [0.1, 0.15) is 11.5 Å². The lowest BCUT2D eigenvalue weighted by molar-refractivity contribution is 0.100. The van der Waals surface area contributed by atoms with Crippen molar-refractivity contribution in [2.75, 3.05) is 0 Å². The molecule has 5 heteroatoms. The molecule has 4 nitrogen and oxygen atoms in total. The summed E-state index contributed by atoms with van der Waals surface area (Å²) in [7, 11) is 0. The fourth-order valence-electron chi connectivity index (χ4n) is 3.30. The molecule has 126 valence electrons. The minimum Gasteiger partial charge on any atom is -0.366 e. The third kappa shape index (κ3) is 2.49. The molecule has 4 rings (SSSR count). The van der Waals surface area contributed by atoms with Crippen LogP contribution in [0.3, 0.4) is 0 Å². The number of terminal acetylenes is 1. The van der Waals surface area contributed by atoms with E-state index in [4.69, 9.17) is 12.2 Å². The predicted molar refractivity (Wildman–Crippen MR) is 99.3 cm³/mol. The number of primary amides is 1. The van der Waals surface area contributed by atoms with Crippen molar-refractivity contribution in [2.45, 2.75) is 6.42 Å². The van der Waals surface area contributed by atoms with Gasteiger partial charge in [0, 0.05) is 34.5 Å². The van der Waals surface area contributed by atoms with E-state index in [-0.39, 0.29) is 5.56 Å². The number of halogens is 1. The number of carbonyl (C=O) groups excluding carboxylic acids is 1. The van der Waals surface area contributed by atoms with Crippen molar-refractivity contribution in [2.24, 2.45) is 5.73 Å². The number of para-hydroxylation sites is 1. The van der Waals surface area contributed by atoms with E-state index in [0.717, 1.165) is 16.5 Å². The van der Waals surface area contributed by atoms with Gasteiger partial charge >= 0.3 is 0 Å². The van der Waals surface area contributed by atoms with E-state index >= 15 is 0 Å². The van der Waals surface area contributed by atoms with Gasteiger partial charge in [0.25, 0.3) is 5.91 Å². The average molecular weight is 343 g/mol. The van der Waals surface area contributed by atoms with Crippen LogP contribution >= 0.6 is 0 Å². The van der Waals surface area contributed by atoms with E-state index in [1.54, 1.807) is 18.3 Å². The summed E-state index contributed by atoms with van der Waals surface area (Å²) < 4.78 is 14.9. The zero-order chi connectivity index (χ0) is 18.3. The zero-order valence-corrected chi connectivity index (χ0v) is 13.7. The summed E-state index contributed by atoms with van der Waals surface area (Å²) in [5, 5.41) is 1.50. The number of pyridine rings is 1. The molecule has 2 aromatic heterocycles. The number of carbonyl (C=O) groups is 1. The van der Waals surface area contributed by atoms with Crippen LogP contribution in [0.5, 0.6) is 0 Å². The highest BCUT2D eigenvalue weighted by molar-refractivity contribution is 6.16. The van der Waals surface area contributed by atoms with Gasteiger partial charge in [0.05, 0.1) is 11.1 Å². The molecule has 2 heterocycles. The summed E-state index contributed by atoms with van der Waals surface area (Å²) in [6, 6.07) is 12.3. The van der Waals surface area contributed by atoms with E-state index < -0.39 is 11.7 Å². The highest BCUT2D eigenvalue weighted by atomic mass is 19.1. The van der Waals surface area contributed by atoms with E-state index in [2.05, 4.69) is 15.9 Å². The molecule has 4 aromatic rings. The predicted octanol–water partition coefficient (Wildman–Crippen LogP) is 3.53. The second-order valence-electron chi connectivity index (χ2n) is 6.04. The Balaban J connectivity index is 2.02. The fourth-order valence-corrected chi connectivity index (χ4v) is 3.30. The Kier molecular flexibility index (Phi) is 3.67. The van der Waals surface area contributed by atoms with Crippen molar-refractivity contribution in [3.8, 4) is 12.3 Å². The van der Waals surface area contributed by atoms with Gasteiger partial charge in [-0.3, -0.25) is 4.79 Å². The summed E-state index contributed by atoms with van der Waals surface area (Å²) in [4.78, 5) is 19.1. The van der Waals surface area contributed by atoms with Crippen molar-refractivity contribution in [3.05, 3.63) is 76.9 Å². The fraction of sp³-hybridized carbons (Fsp3) is 0.0476. The lowest BCUT2D eigenvalue weighted by Gasteiger charge is -2.09. The van der Waals surface area contributed by atoms with Crippen LogP contribution in [-0.2, 0) is 6.42 Å². The summed E-state index contributed by atoms with van der Waals surface area (Å²) in [6.45, 7) is 0. The Labute approximate surface area is 148 Å². The van der Waals surface area contributed by atoms with Crippen molar-refractivity contribution in [3.63, 3.8) is 0 Å². The number of aromatic nitrogens is 2. The first-order chi connectivity index (χ1) is 12.6. The molecule has 0 saturated carbocycles. The zero-order valence-electron chi connectivity index (χ0n) is 13.7. The number of hydrogen-bond donors (Lipinski definition) is 2. The third-order valence-corrected chi connectivity index (χ3v) is 4.46. The minimum atomic E-state index is -0.675. The summed E-state index contributed by atoms with van der Waals surface area (Å²) in [5.74, 6) is 1.33. The highest BCUT2D eigenvalue weighted by Crippen LogP contribution is 2.33. The molecule has 0 atom stereocenters. The molecular weight excluding hydrogens is 329 g/mol. The maximum Gasteiger partial charge on any atom is 0.250 e. The lowest BCUT2D eigenvalue weighted by Crippen LogP contribution is -2.13. The molecule has 0 aliphatic heterocycles. The standard InChI is InChI=1S/C21H14FN3O/c1-2-13-9-12(7-8-24-13)10-15-17(22)11-16(21(23)26)20-19(15)14-5-3-4-6-18(14)25-20/h1,3-9,11,25H,10H2,(H2,23,26). The molecule has 3 N–H and O–H groups in total. The monoisotopic (exact) mass is 343 g/mol. The second kappa shape index (κ2) is 6.01. The van der Waals surface area contributed by atoms with E-state index in [0.29, 0.717) is 28.6 Å². The number of H-pyrrole nitrogens is 1. The molecule has 2 aromatic carbocycles. The first kappa shape index (κ1) is 15.9. The summed E-state index contributed by atoms with van der Waals surface area (Å²) >= 11 is 0. The SMILES string of the molecule is C#Cc1cc(Cc2c(F)cc(C(N)=O)c3[nH]c4ccccc4c23)ccn1. The normalized spacial score (nSPS) is 10.9. The van der Waals surface area contributed by atoms with Crippen LogP contribution < -0.4 is 5.73 Å². The number of benzene rings is 2. The molecule has 26 heavy (non-hydrogen) atoms. The quantitative estimate of drug-likeness (QED) is 0.559. The Morgan fingerprint density at radius 1 is 1.27 bits per heavy atom. The Hall–Kier alpha value is -3.65. The van der Waals surface area contributed by atoms with Crippen LogP contribution in [0.4, 0.5) is 4.39 Å². The van der Waals surface area contributed by atoms with Gasteiger partial charge in [0.2, 0.25) is 0 Å². The third-order valence-electron chi connectivity index (χ3n) is 4.46. The number of nitrogens with two attached hydrogens (primary N) is 1. The van der Waals surface area contributed by atoms with Gasteiger partial charge < -0.3 is 10.7 Å². The first-order valence-electron chi connectivity index (χ1n) is 8.01. The van der Waals surface area contributed by atoms with E-state index in [1.807, 2.05) is 24.3 Å². The number of nitrogens with one attached hydrogen (secondary N) is 1. The van der Waals surface area contributed by atoms with Crippen LogP contribution in [0.25, 0.3) is 21.8 Å². The van der Waals surface area contributed by atoms with E-state index in [9.17, 15) is 9.18 Å². The first-order valence-corrected chi connectivity index (χ1v) is 8.01. The molecule has 0 fully saturated rings. The molecule has 0 saturated heterocycles. The van der Waals surface area contributed by atoms with Crippen molar-refractivity contribution in [1.29, 1.82) is 0 Å². The number of hydrogen-bond acceptors (Lipinski definition) is 2. The van der Waals surface area contributed by atoms with Crippen LogP contribution in [0.15, 0.2) is 48.7 Å². The maximum absolute atomic E-state index is 14.9. The summed E-state index contributed by atoms with van der Waals surface area (Å²) in [5.41, 5.74) is 8.76. The summed E-state index contributed by atoms with van der Waals surface area (Å²) in [6.07, 6.45) is 7.32. The van der Waals surface area contributed by atoms with Gasteiger partial charge in [0.15, 0.2) is 0 Å². The molecule has 0 spiro atoms. The molecular formula is C21H14FN3O. The number of rotatable bonds is 3. The molecule has 0 bridgehead atoms. The van der Waals surface area contributed by atoms with Gasteiger partial charge in [-0.15, -0.1) is 6.42 Å².